The molecule has 0 bridgehead atoms. The quantitative estimate of drug-likeness (QED) is 0.782. The van der Waals surface area contributed by atoms with Crippen molar-refractivity contribution < 1.29 is 9.53 Å². The molecule has 0 saturated carbocycles. The predicted octanol–water partition coefficient (Wildman–Crippen LogP) is 4.35. The molecule has 2 rings (SSSR count). The maximum absolute atomic E-state index is 11.7. The Kier molecular flexibility index (Phi) is 4.24. The monoisotopic (exact) mass is 280 g/mol. The summed E-state index contributed by atoms with van der Waals surface area (Å²) in [6.45, 7) is 0.129. The van der Waals surface area contributed by atoms with Gasteiger partial charge in [0.25, 0.3) is 0 Å². The van der Waals surface area contributed by atoms with Gasteiger partial charge < -0.3 is 4.74 Å². The number of ether oxygens (including phenoxy) is 1. The minimum atomic E-state index is -0.374. The van der Waals surface area contributed by atoms with Crippen molar-refractivity contribution in [3.8, 4) is 0 Å². The van der Waals surface area contributed by atoms with E-state index in [-0.39, 0.29) is 12.6 Å². The molecule has 0 amide bonds. The summed E-state index contributed by atoms with van der Waals surface area (Å²) in [5.41, 5.74) is 1.24. The van der Waals surface area contributed by atoms with Gasteiger partial charge in [-0.05, 0) is 24.3 Å². The van der Waals surface area contributed by atoms with E-state index in [9.17, 15) is 4.79 Å². The van der Waals surface area contributed by atoms with Crippen LogP contribution in [0.4, 0.5) is 0 Å². The maximum Gasteiger partial charge on any atom is 0.338 e. The highest BCUT2D eigenvalue weighted by Crippen LogP contribution is 2.21. The zero-order chi connectivity index (χ0) is 13.0. The van der Waals surface area contributed by atoms with E-state index in [0.29, 0.717) is 15.6 Å². The molecule has 2 aromatic carbocycles. The zero-order valence-electron chi connectivity index (χ0n) is 9.40. The summed E-state index contributed by atoms with van der Waals surface area (Å²) in [6.07, 6.45) is 0. The fraction of sp³-hybridized carbons (Fsp3) is 0.0714. The van der Waals surface area contributed by atoms with Gasteiger partial charge in [0.05, 0.1) is 5.56 Å². The van der Waals surface area contributed by atoms with Crippen molar-refractivity contribution in [2.45, 2.75) is 6.61 Å². The molecule has 0 heterocycles. The summed E-state index contributed by atoms with van der Waals surface area (Å²) in [6, 6.07) is 13.9. The molecule has 0 saturated heterocycles. The Morgan fingerprint density at radius 1 is 1.06 bits per heavy atom. The minimum absolute atomic E-state index is 0.129. The van der Waals surface area contributed by atoms with E-state index in [0.717, 1.165) is 5.56 Å². The number of carbonyl (C=O) groups excluding carboxylic acids is 1. The first kappa shape index (κ1) is 12.9. The Morgan fingerprint density at radius 3 is 2.44 bits per heavy atom. The third-order valence-electron chi connectivity index (χ3n) is 2.38. The van der Waals surface area contributed by atoms with Gasteiger partial charge in [0.15, 0.2) is 0 Å². The van der Waals surface area contributed by atoms with Gasteiger partial charge in [-0.25, -0.2) is 4.79 Å². The molecule has 0 aliphatic rings. The van der Waals surface area contributed by atoms with Gasteiger partial charge in [-0.3, -0.25) is 0 Å². The van der Waals surface area contributed by atoms with E-state index < -0.39 is 0 Å². The Balaban J connectivity index is 2.02. The molecule has 4 heteroatoms. The molecule has 18 heavy (non-hydrogen) atoms. The Morgan fingerprint density at radius 2 is 1.78 bits per heavy atom. The summed E-state index contributed by atoms with van der Waals surface area (Å²) in [7, 11) is 0. The van der Waals surface area contributed by atoms with E-state index >= 15 is 0 Å². The first-order valence-electron chi connectivity index (χ1n) is 5.33. The molecule has 2 aromatic rings. The van der Waals surface area contributed by atoms with Crippen LogP contribution in [0, 0.1) is 0 Å². The molecule has 0 aromatic heterocycles. The standard InChI is InChI=1S/C14H10Cl2O2/c15-12-7-6-11(13(16)8-12)9-18-14(17)10-4-2-1-3-5-10/h1-8H,9H2. The lowest BCUT2D eigenvalue weighted by molar-refractivity contribution is 0.0473. The number of hydrogen-bond acceptors (Lipinski definition) is 2. The number of carbonyl (C=O) groups is 1. The molecule has 92 valence electrons. The smallest absolute Gasteiger partial charge is 0.338 e. The lowest BCUT2D eigenvalue weighted by Gasteiger charge is -2.06. The first-order valence-corrected chi connectivity index (χ1v) is 6.08. The van der Waals surface area contributed by atoms with E-state index in [1.54, 1.807) is 42.5 Å². The summed E-state index contributed by atoms with van der Waals surface area (Å²) in [5, 5.41) is 1.04. The SMILES string of the molecule is O=C(OCc1ccc(Cl)cc1Cl)c1ccccc1. The Labute approximate surface area is 115 Å². The van der Waals surface area contributed by atoms with Crippen molar-refractivity contribution >= 4 is 29.2 Å². The fourth-order valence-electron chi connectivity index (χ4n) is 1.44. The van der Waals surface area contributed by atoms with Crippen molar-refractivity contribution in [2.75, 3.05) is 0 Å². The van der Waals surface area contributed by atoms with Crippen LogP contribution in [0.15, 0.2) is 48.5 Å². The summed E-state index contributed by atoms with van der Waals surface area (Å²) < 4.78 is 5.17. The van der Waals surface area contributed by atoms with Gasteiger partial charge in [0.2, 0.25) is 0 Å². The zero-order valence-corrected chi connectivity index (χ0v) is 10.9. The van der Waals surface area contributed by atoms with E-state index in [1.165, 1.54) is 0 Å². The van der Waals surface area contributed by atoms with Crippen molar-refractivity contribution in [3.63, 3.8) is 0 Å². The van der Waals surface area contributed by atoms with Crippen LogP contribution in [-0.2, 0) is 11.3 Å². The highest BCUT2D eigenvalue weighted by Gasteiger charge is 2.08. The van der Waals surface area contributed by atoms with Gasteiger partial charge >= 0.3 is 5.97 Å². The third kappa shape index (κ3) is 3.25. The molecule has 0 N–H and O–H groups in total. The molecule has 0 aliphatic heterocycles. The normalized spacial score (nSPS) is 10.1. The largest absolute Gasteiger partial charge is 0.457 e. The minimum Gasteiger partial charge on any atom is -0.457 e. The van der Waals surface area contributed by atoms with Crippen molar-refractivity contribution in [2.24, 2.45) is 0 Å². The average molecular weight is 281 g/mol. The molecule has 0 unspecified atom stereocenters. The second-order valence-corrected chi connectivity index (χ2v) is 4.52. The van der Waals surface area contributed by atoms with E-state index in [1.807, 2.05) is 6.07 Å². The van der Waals surface area contributed by atoms with Gasteiger partial charge in [-0.1, -0.05) is 47.5 Å². The molecular formula is C14H10Cl2O2. The van der Waals surface area contributed by atoms with Crippen LogP contribution in [-0.4, -0.2) is 5.97 Å². The van der Waals surface area contributed by atoms with E-state index in [4.69, 9.17) is 27.9 Å². The average Bonchev–Trinajstić information content (AvgIpc) is 2.38. The van der Waals surface area contributed by atoms with Crippen LogP contribution in [0.1, 0.15) is 15.9 Å². The molecule has 0 spiro atoms. The number of rotatable bonds is 3. The summed E-state index contributed by atoms with van der Waals surface area (Å²) >= 11 is 11.8. The molecule has 0 aliphatic carbocycles. The highest BCUT2D eigenvalue weighted by atomic mass is 35.5. The van der Waals surface area contributed by atoms with E-state index in [2.05, 4.69) is 0 Å². The highest BCUT2D eigenvalue weighted by molar-refractivity contribution is 6.35. The number of benzene rings is 2. The summed E-state index contributed by atoms with van der Waals surface area (Å²) in [5.74, 6) is -0.374. The Hall–Kier alpha value is -1.51. The number of esters is 1. The topological polar surface area (TPSA) is 26.3 Å². The summed E-state index contributed by atoms with van der Waals surface area (Å²) in [4.78, 5) is 11.7. The molecule has 0 fully saturated rings. The Bertz CT molecular complexity index is 553. The molecular weight excluding hydrogens is 271 g/mol. The van der Waals surface area contributed by atoms with Crippen molar-refractivity contribution in [3.05, 3.63) is 69.7 Å². The number of halogens is 2. The maximum atomic E-state index is 11.7. The van der Waals surface area contributed by atoms with Gasteiger partial charge in [-0.15, -0.1) is 0 Å². The molecule has 0 atom stereocenters. The van der Waals surface area contributed by atoms with Crippen LogP contribution < -0.4 is 0 Å². The van der Waals surface area contributed by atoms with Crippen LogP contribution >= 0.6 is 23.2 Å². The number of hydrogen-bond donors (Lipinski definition) is 0. The molecule has 2 nitrogen and oxygen atoms in total. The van der Waals surface area contributed by atoms with Gasteiger partial charge in [0.1, 0.15) is 6.61 Å². The van der Waals surface area contributed by atoms with Crippen LogP contribution in [0.2, 0.25) is 10.0 Å². The lowest BCUT2D eigenvalue weighted by Crippen LogP contribution is -2.05. The van der Waals surface area contributed by atoms with Crippen LogP contribution in [0.3, 0.4) is 0 Å². The predicted molar refractivity (Wildman–Crippen MR) is 72.0 cm³/mol. The van der Waals surface area contributed by atoms with Crippen LogP contribution in [0.5, 0.6) is 0 Å². The van der Waals surface area contributed by atoms with Crippen molar-refractivity contribution in [1.82, 2.24) is 0 Å². The van der Waals surface area contributed by atoms with Crippen molar-refractivity contribution in [1.29, 1.82) is 0 Å². The molecule has 0 radical (unpaired) electrons. The van der Waals surface area contributed by atoms with Crippen LogP contribution in [0.25, 0.3) is 0 Å². The fourth-order valence-corrected chi connectivity index (χ4v) is 1.90. The van der Waals surface area contributed by atoms with Gasteiger partial charge in [-0.2, -0.15) is 0 Å². The second kappa shape index (κ2) is 5.89. The third-order valence-corrected chi connectivity index (χ3v) is 2.97. The second-order valence-electron chi connectivity index (χ2n) is 3.68. The first-order chi connectivity index (χ1) is 8.66. The van der Waals surface area contributed by atoms with Gasteiger partial charge in [0, 0.05) is 15.6 Å². The lowest BCUT2D eigenvalue weighted by atomic mass is 10.2.